The third kappa shape index (κ3) is 2.92. The molecule has 96 valence electrons. The van der Waals surface area contributed by atoms with Crippen molar-refractivity contribution in [2.24, 2.45) is 11.7 Å². The molecule has 1 atom stereocenters. The molecule has 2 heterocycles. The van der Waals surface area contributed by atoms with E-state index < -0.39 is 0 Å². The van der Waals surface area contributed by atoms with E-state index in [4.69, 9.17) is 10.3 Å². The predicted octanol–water partition coefficient (Wildman–Crippen LogP) is 2.22. The molecule has 0 aromatic carbocycles. The van der Waals surface area contributed by atoms with Crippen LogP contribution in [-0.2, 0) is 0 Å². The first-order valence-electron chi connectivity index (χ1n) is 6.14. The molecule has 0 radical (unpaired) electrons. The average molecular weight is 246 g/mol. The largest absolute Gasteiger partial charge is 0.339 e. The zero-order valence-electron chi connectivity index (χ0n) is 10.7. The van der Waals surface area contributed by atoms with E-state index in [2.05, 4.69) is 29.0 Å². The van der Waals surface area contributed by atoms with Crippen LogP contribution in [-0.4, -0.2) is 21.7 Å². The highest BCUT2D eigenvalue weighted by Crippen LogP contribution is 2.23. The molecule has 2 aromatic heterocycles. The summed E-state index contributed by atoms with van der Waals surface area (Å²) >= 11 is 0. The summed E-state index contributed by atoms with van der Waals surface area (Å²) < 4.78 is 5.31. The lowest BCUT2D eigenvalue weighted by Gasteiger charge is -2.11. The first-order valence-corrected chi connectivity index (χ1v) is 6.14. The monoisotopic (exact) mass is 246 g/mol. The van der Waals surface area contributed by atoms with Crippen LogP contribution in [0.5, 0.6) is 0 Å². The van der Waals surface area contributed by atoms with Gasteiger partial charge in [0.05, 0.1) is 5.92 Å². The summed E-state index contributed by atoms with van der Waals surface area (Å²) in [6, 6.07) is 3.71. The lowest BCUT2D eigenvalue weighted by molar-refractivity contribution is 0.335. The normalized spacial score (nSPS) is 12.9. The minimum absolute atomic E-state index is 0.132. The number of hydrogen-bond donors (Lipinski definition) is 1. The smallest absolute Gasteiger partial charge is 0.231 e. The van der Waals surface area contributed by atoms with Gasteiger partial charge in [-0.2, -0.15) is 4.98 Å². The van der Waals surface area contributed by atoms with Crippen molar-refractivity contribution >= 4 is 0 Å². The van der Waals surface area contributed by atoms with Gasteiger partial charge in [-0.15, -0.1) is 0 Å². The predicted molar refractivity (Wildman–Crippen MR) is 68.8 cm³/mol. The van der Waals surface area contributed by atoms with E-state index in [0.717, 1.165) is 12.0 Å². The molecular formula is C13H18N4O. The van der Waals surface area contributed by atoms with Crippen LogP contribution >= 0.6 is 0 Å². The first-order chi connectivity index (χ1) is 8.70. The summed E-state index contributed by atoms with van der Waals surface area (Å²) in [5.74, 6) is 1.90. The van der Waals surface area contributed by atoms with Crippen LogP contribution in [0.15, 0.2) is 29.0 Å². The second kappa shape index (κ2) is 5.73. The molecule has 0 saturated heterocycles. The fraction of sp³-hybridized carbons (Fsp3) is 0.462. The molecule has 0 saturated carbocycles. The lowest BCUT2D eigenvalue weighted by Crippen LogP contribution is -2.15. The highest BCUT2D eigenvalue weighted by Gasteiger charge is 2.19. The third-order valence-corrected chi connectivity index (χ3v) is 2.77. The average Bonchev–Trinajstić information content (AvgIpc) is 2.86. The van der Waals surface area contributed by atoms with E-state index in [1.807, 2.05) is 12.1 Å². The molecule has 0 aliphatic heterocycles. The van der Waals surface area contributed by atoms with E-state index in [9.17, 15) is 0 Å². The third-order valence-electron chi connectivity index (χ3n) is 2.77. The van der Waals surface area contributed by atoms with Crippen LogP contribution in [0.2, 0.25) is 0 Å². The van der Waals surface area contributed by atoms with Crippen molar-refractivity contribution in [2.45, 2.75) is 26.2 Å². The van der Waals surface area contributed by atoms with Crippen LogP contribution < -0.4 is 5.73 Å². The van der Waals surface area contributed by atoms with Gasteiger partial charge < -0.3 is 10.3 Å². The number of pyridine rings is 1. The standard InChI is InChI=1S/C13H18N4O/c1-9(2)7-11(8-14)13-16-12(17-18-13)10-3-5-15-6-4-10/h3-6,9,11H,7-8,14H2,1-2H3. The number of hydrogen-bond acceptors (Lipinski definition) is 5. The molecule has 0 fully saturated rings. The molecule has 0 bridgehead atoms. The maximum atomic E-state index is 5.76. The summed E-state index contributed by atoms with van der Waals surface area (Å²) in [5, 5.41) is 3.99. The fourth-order valence-electron chi connectivity index (χ4n) is 1.89. The Morgan fingerprint density at radius 3 is 2.61 bits per heavy atom. The Labute approximate surface area is 106 Å². The van der Waals surface area contributed by atoms with Crippen LogP contribution in [0.25, 0.3) is 11.4 Å². The Hall–Kier alpha value is -1.75. The molecule has 0 spiro atoms. The summed E-state index contributed by atoms with van der Waals surface area (Å²) in [5.41, 5.74) is 6.67. The SMILES string of the molecule is CC(C)CC(CN)c1nc(-c2ccncc2)no1. The van der Waals surface area contributed by atoms with Gasteiger partial charge in [-0.05, 0) is 24.5 Å². The first kappa shape index (κ1) is 12.7. The van der Waals surface area contributed by atoms with Gasteiger partial charge in [0, 0.05) is 24.5 Å². The van der Waals surface area contributed by atoms with Crippen molar-refractivity contribution < 1.29 is 4.52 Å². The molecule has 5 nitrogen and oxygen atoms in total. The van der Waals surface area contributed by atoms with Gasteiger partial charge in [-0.3, -0.25) is 4.98 Å². The molecule has 18 heavy (non-hydrogen) atoms. The maximum absolute atomic E-state index is 5.76. The van der Waals surface area contributed by atoms with Crippen molar-refractivity contribution in [1.29, 1.82) is 0 Å². The number of aromatic nitrogens is 3. The summed E-state index contributed by atoms with van der Waals surface area (Å²) in [6.45, 7) is 4.84. The Morgan fingerprint density at radius 2 is 2.00 bits per heavy atom. The second-order valence-corrected chi connectivity index (χ2v) is 4.75. The van der Waals surface area contributed by atoms with Gasteiger partial charge in [-0.1, -0.05) is 19.0 Å². The minimum atomic E-state index is 0.132. The van der Waals surface area contributed by atoms with Crippen LogP contribution in [0.1, 0.15) is 32.1 Å². The molecule has 0 aliphatic carbocycles. The summed E-state index contributed by atoms with van der Waals surface area (Å²) in [7, 11) is 0. The van der Waals surface area contributed by atoms with E-state index in [-0.39, 0.29) is 5.92 Å². The van der Waals surface area contributed by atoms with E-state index >= 15 is 0 Å². The maximum Gasteiger partial charge on any atom is 0.231 e. The molecular weight excluding hydrogens is 228 g/mol. The highest BCUT2D eigenvalue weighted by atomic mass is 16.5. The fourth-order valence-corrected chi connectivity index (χ4v) is 1.89. The van der Waals surface area contributed by atoms with Crippen molar-refractivity contribution in [2.75, 3.05) is 6.54 Å². The minimum Gasteiger partial charge on any atom is -0.339 e. The summed E-state index contributed by atoms with van der Waals surface area (Å²) in [6.07, 6.45) is 4.37. The lowest BCUT2D eigenvalue weighted by atomic mass is 9.97. The van der Waals surface area contributed by atoms with Crippen LogP contribution in [0, 0.1) is 5.92 Å². The van der Waals surface area contributed by atoms with E-state index in [1.54, 1.807) is 12.4 Å². The zero-order valence-corrected chi connectivity index (χ0v) is 10.7. The Morgan fingerprint density at radius 1 is 1.28 bits per heavy atom. The van der Waals surface area contributed by atoms with Crippen LogP contribution in [0.4, 0.5) is 0 Å². The highest BCUT2D eigenvalue weighted by molar-refractivity contribution is 5.52. The van der Waals surface area contributed by atoms with Gasteiger partial charge in [-0.25, -0.2) is 0 Å². The van der Waals surface area contributed by atoms with Crippen molar-refractivity contribution in [1.82, 2.24) is 15.1 Å². The van der Waals surface area contributed by atoms with Crippen molar-refractivity contribution in [3.8, 4) is 11.4 Å². The number of rotatable bonds is 5. The molecule has 2 rings (SSSR count). The van der Waals surface area contributed by atoms with Gasteiger partial charge in [0.1, 0.15) is 0 Å². The Kier molecular flexibility index (Phi) is 4.04. The summed E-state index contributed by atoms with van der Waals surface area (Å²) in [4.78, 5) is 8.38. The van der Waals surface area contributed by atoms with Gasteiger partial charge >= 0.3 is 0 Å². The molecule has 2 aromatic rings. The second-order valence-electron chi connectivity index (χ2n) is 4.75. The number of nitrogens with two attached hydrogens (primary N) is 1. The van der Waals surface area contributed by atoms with Gasteiger partial charge in [0.25, 0.3) is 0 Å². The van der Waals surface area contributed by atoms with E-state index in [0.29, 0.717) is 24.2 Å². The Balaban J connectivity index is 2.19. The van der Waals surface area contributed by atoms with E-state index in [1.165, 1.54) is 0 Å². The topological polar surface area (TPSA) is 77.8 Å². The zero-order chi connectivity index (χ0) is 13.0. The van der Waals surface area contributed by atoms with Crippen molar-refractivity contribution in [3.63, 3.8) is 0 Å². The van der Waals surface area contributed by atoms with Crippen LogP contribution in [0.3, 0.4) is 0 Å². The van der Waals surface area contributed by atoms with Gasteiger partial charge in [0.2, 0.25) is 11.7 Å². The molecule has 5 heteroatoms. The molecule has 2 N–H and O–H groups in total. The molecule has 0 amide bonds. The van der Waals surface area contributed by atoms with Crippen molar-refractivity contribution in [3.05, 3.63) is 30.4 Å². The Bertz CT molecular complexity index is 481. The quantitative estimate of drug-likeness (QED) is 0.875. The van der Waals surface area contributed by atoms with Gasteiger partial charge in [0.15, 0.2) is 0 Å². The number of nitrogens with zero attached hydrogens (tertiary/aromatic N) is 3. The molecule has 1 unspecified atom stereocenters. The molecule has 0 aliphatic rings.